The number of ether oxygens (including phenoxy) is 1. The van der Waals surface area contributed by atoms with Crippen LogP contribution in [0.2, 0.25) is 0 Å². The van der Waals surface area contributed by atoms with E-state index >= 15 is 0 Å². The lowest BCUT2D eigenvalue weighted by Gasteiger charge is -2.05. The third kappa shape index (κ3) is 6.21. The zero-order valence-electron chi connectivity index (χ0n) is 17.9. The van der Waals surface area contributed by atoms with Gasteiger partial charge in [-0.05, 0) is 48.9 Å². The van der Waals surface area contributed by atoms with Gasteiger partial charge in [0, 0.05) is 24.8 Å². The molecule has 3 rings (SSSR count). The zero-order valence-corrected chi connectivity index (χ0v) is 19.5. The number of hydrogen-bond acceptors (Lipinski definition) is 8. The lowest BCUT2D eigenvalue weighted by Crippen LogP contribution is -2.19. The molecule has 0 radical (unpaired) electrons. The van der Waals surface area contributed by atoms with Crippen LogP contribution in [-0.2, 0) is 30.9 Å². The van der Waals surface area contributed by atoms with Crippen molar-refractivity contribution in [1.82, 2.24) is 4.57 Å². The van der Waals surface area contributed by atoms with Crippen LogP contribution in [0.4, 0.5) is 5.69 Å². The van der Waals surface area contributed by atoms with Gasteiger partial charge in [-0.2, -0.15) is 4.99 Å². The lowest BCUT2D eigenvalue weighted by atomic mass is 10.2. The molecule has 0 spiro atoms. The van der Waals surface area contributed by atoms with E-state index in [1.165, 1.54) is 54.6 Å². The Bertz CT molecular complexity index is 1450. The first kappa shape index (κ1) is 25.0. The summed E-state index contributed by atoms with van der Waals surface area (Å²) in [6, 6.07) is 9.88. The number of fused-ring (bicyclic) bond motifs is 1. The molecule has 1 heterocycles. The number of aryl methyl sites for hydroxylation is 1. The molecule has 0 atom stereocenters. The molecule has 0 aliphatic rings. The average Bonchev–Trinajstić information content (AvgIpc) is 3.12. The molecule has 13 heteroatoms. The maximum Gasteiger partial charge on any atom is 0.307 e. The minimum atomic E-state index is -3.93. The average molecular weight is 505 g/mol. The van der Waals surface area contributed by atoms with E-state index < -0.39 is 26.8 Å². The fourth-order valence-electron chi connectivity index (χ4n) is 2.97. The number of aromatic nitrogens is 1. The molecule has 1 amide bonds. The number of hydrogen-bond donors (Lipinski definition) is 1. The highest BCUT2D eigenvalue weighted by molar-refractivity contribution is 7.89. The number of primary sulfonamides is 1. The molecule has 2 N–H and O–H groups in total. The Morgan fingerprint density at radius 1 is 1.24 bits per heavy atom. The van der Waals surface area contributed by atoms with E-state index in [-0.39, 0.29) is 35.0 Å². The Balaban J connectivity index is 1.97. The molecule has 0 fully saturated rings. The Kier molecular flexibility index (Phi) is 7.71. The normalized spacial score (nSPS) is 12.4. The standard InChI is InChI=1S/C21H20N4O7S2/c1-2-32-20(27)11-12-24-17-9-8-16(34(22,30)31)13-18(17)33-21(24)23-19(26)10-5-14-3-6-15(7-4-14)25(28)29/h3-10,13H,2,11-12H2,1H3,(H2,22,30,31)/b10-5+,23-21?. The molecule has 2 aromatic carbocycles. The van der Waals surface area contributed by atoms with Crippen molar-refractivity contribution >= 4 is 55.2 Å². The highest BCUT2D eigenvalue weighted by Crippen LogP contribution is 2.22. The maximum absolute atomic E-state index is 12.5. The summed E-state index contributed by atoms with van der Waals surface area (Å²) in [4.78, 5) is 38.8. The van der Waals surface area contributed by atoms with E-state index in [9.17, 15) is 28.1 Å². The molecule has 0 bridgehead atoms. The molecular formula is C21H20N4O7S2. The number of esters is 1. The van der Waals surface area contributed by atoms with Gasteiger partial charge in [-0.3, -0.25) is 19.7 Å². The number of benzene rings is 2. The molecule has 1 aromatic heterocycles. The second-order valence-corrected chi connectivity index (χ2v) is 9.47. The molecule has 0 aliphatic carbocycles. The first-order valence-corrected chi connectivity index (χ1v) is 12.3. The van der Waals surface area contributed by atoms with Crippen LogP contribution < -0.4 is 9.94 Å². The van der Waals surface area contributed by atoms with Crippen molar-refractivity contribution in [3.05, 3.63) is 69.0 Å². The molecule has 178 valence electrons. The predicted octanol–water partition coefficient (Wildman–Crippen LogP) is 2.35. The van der Waals surface area contributed by atoms with Crippen LogP contribution in [-0.4, -0.2) is 36.4 Å². The Morgan fingerprint density at radius 2 is 1.94 bits per heavy atom. The largest absolute Gasteiger partial charge is 0.466 e. The van der Waals surface area contributed by atoms with Gasteiger partial charge in [0.25, 0.3) is 11.6 Å². The molecule has 0 saturated heterocycles. The second-order valence-electron chi connectivity index (χ2n) is 6.90. The van der Waals surface area contributed by atoms with Gasteiger partial charge in [-0.1, -0.05) is 11.3 Å². The van der Waals surface area contributed by atoms with Crippen LogP contribution in [0.3, 0.4) is 0 Å². The number of rotatable bonds is 8. The fourth-order valence-corrected chi connectivity index (χ4v) is 4.69. The first-order chi connectivity index (χ1) is 16.1. The SMILES string of the molecule is CCOC(=O)CCn1c(=NC(=O)/C=C/c2ccc([N+](=O)[O-])cc2)sc2cc(S(N)(=O)=O)ccc21. The van der Waals surface area contributed by atoms with E-state index in [1.54, 1.807) is 11.5 Å². The van der Waals surface area contributed by atoms with E-state index in [4.69, 9.17) is 9.88 Å². The van der Waals surface area contributed by atoms with Crippen LogP contribution >= 0.6 is 11.3 Å². The zero-order chi connectivity index (χ0) is 24.9. The summed E-state index contributed by atoms with van der Waals surface area (Å²) in [5.74, 6) is -1.03. The molecule has 0 saturated carbocycles. The minimum Gasteiger partial charge on any atom is -0.466 e. The Labute approximate surface area is 198 Å². The van der Waals surface area contributed by atoms with Gasteiger partial charge < -0.3 is 9.30 Å². The number of thiazole rings is 1. The van der Waals surface area contributed by atoms with Gasteiger partial charge >= 0.3 is 5.97 Å². The smallest absolute Gasteiger partial charge is 0.307 e. The summed E-state index contributed by atoms with van der Waals surface area (Å²) in [5.41, 5.74) is 1.08. The summed E-state index contributed by atoms with van der Waals surface area (Å²) in [6.07, 6.45) is 2.69. The van der Waals surface area contributed by atoms with E-state index in [2.05, 4.69) is 4.99 Å². The predicted molar refractivity (Wildman–Crippen MR) is 125 cm³/mol. The third-order valence-corrected chi connectivity index (χ3v) is 6.51. The molecular weight excluding hydrogens is 484 g/mol. The van der Waals surface area contributed by atoms with Crippen molar-refractivity contribution in [2.45, 2.75) is 24.8 Å². The number of non-ortho nitro benzene ring substituents is 1. The van der Waals surface area contributed by atoms with Gasteiger partial charge in [0.15, 0.2) is 4.80 Å². The number of nitro benzene ring substituents is 1. The number of carbonyl (C=O) groups is 2. The van der Waals surface area contributed by atoms with Crippen molar-refractivity contribution in [2.24, 2.45) is 10.1 Å². The second kappa shape index (κ2) is 10.5. The fraction of sp³-hybridized carbons (Fsp3) is 0.190. The maximum atomic E-state index is 12.5. The van der Waals surface area contributed by atoms with Crippen LogP contribution in [0.25, 0.3) is 16.3 Å². The van der Waals surface area contributed by atoms with Crippen molar-refractivity contribution in [3.8, 4) is 0 Å². The molecule has 0 aliphatic heterocycles. The number of carbonyl (C=O) groups excluding carboxylic acids is 2. The molecule has 0 unspecified atom stereocenters. The van der Waals surface area contributed by atoms with E-state index in [0.29, 0.717) is 15.8 Å². The minimum absolute atomic E-state index is 0.0244. The lowest BCUT2D eigenvalue weighted by molar-refractivity contribution is -0.384. The van der Waals surface area contributed by atoms with Gasteiger partial charge in [0.1, 0.15) is 0 Å². The topological polar surface area (TPSA) is 164 Å². The van der Waals surface area contributed by atoms with Crippen LogP contribution in [0, 0.1) is 10.1 Å². The van der Waals surface area contributed by atoms with Crippen molar-refractivity contribution in [3.63, 3.8) is 0 Å². The Morgan fingerprint density at radius 3 is 2.56 bits per heavy atom. The highest BCUT2D eigenvalue weighted by Gasteiger charge is 2.14. The molecule has 3 aromatic rings. The molecule has 34 heavy (non-hydrogen) atoms. The number of amides is 1. The molecule has 11 nitrogen and oxygen atoms in total. The van der Waals surface area contributed by atoms with Crippen LogP contribution in [0.5, 0.6) is 0 Å². The van der Waals surface area contributed by atoms with Crippen molar-refractivity contribution in [2.75, 3.05) is 6.61 Å². The summed E-state index contributed by atoms with van der Waals surface area (Å²) in [7, 11) is -3.93. The number of sulfonamides is 1. The summed E-state index contributed by atoms with van der Waals surface area (Å²) in [6.45, 7) is 2.08. The van der Waals surface area contributed by atoms with Gasteiger partial charge in [0.2, 0.25) is 10.0 Å². The summed E-state index contributed by atoms with van der Waals surface area (Å²) in [5, 5.41) is 16.0. The van der Waals surface area contributed by atoms with E-state index in [1.807, 2.05) is 0 Å². The number of nitrogens with two attached hydrogens (primary N) is 1. The van der Waals surface area contributed by atoms with E-state index in [0.717, 1.165) is 11.3 Å². The summed E-state index contributed by atoms with van der Waals surface area (Å²) < 4.78 is 30.5. The van der Waals surface area contributed by atoms with Crippen LogP contribution in [0.15, 0.2) is 58.4 Å². The monoisotopic (exact) mass is 504 g/mol. The van der Waals surface area contributed by atoms with Gasteiger partial charge in [-0.25, -0.2) is 13.6 Å². The third-order valence-electron chi connectivity index (χ3n) is 4.56. The highest BCUT2D eigenvalue weighted by atomic mass is 32.2. The van der Waals surface area contributed by atoms with Crippen molar-refractivity contribution < 1.29 is 27.7 Å². The Hall–Kier alpha value is -3.68. The number of nitrogens with zero attached hydrogens (tertiary/aromatic N) is 3. The first-order valence-electron chi connectivity index (χ1n) is 9.91. The quantitative estimate of drug-likeness (QED) is 0.213. The van der Waals surface area contributed by atoms with Crippen molar-refractivity contribution in [1.29, 1.82) is 0 Å². The van der Waals surface area contributed by atoms with Gasteiger partial charge in [0.05, 0.1) is 33.1 Å². The van der Waals surface area contributed by atoms with Gasteiger partial charge in [-0.15, -0.1) is 0 Å². The number of nitro groups is 1. The van der Waals surface area contributed by atoms with Crippen LogP contribution in [0.1, 0.15) is 18.9 Å². The summed E-state index contributed by atoms with van der Waals surface area (Å²) >= 11 is 1.07.